The van der Waals surface area contributed by atoms with Crippen molar-refractivity contribution < 1.29 is 57.0 Å². The van der Waals surface area contributed by atoms with Crippen molar-refractivity contribution in [1.82, 2.24) is 0 Å². The van der Waals surface area contributed by atoms with Crippen molar-refractivity contribution in [1.29, 1.82) is 0 Å². The molecule has 0 atom stereocenters. The van der Waals surface area contributed by atoms with Crippen LogP contribution in [0, 0.1) is 92.4 Å². The van der Waals surface area contributed by atoms with Crippen LogP contribution in [0.15, 0.2) is 112 Å². The van der Waals surface area contributed by atoms with Gasteiger partial charge in [-0.15, -0.1) is 0 Å². The molecule has 1 aliphatic heterocycles. The third-order valence-electron chi connectivity index (χ3n) is 24.6. The Hall–Kier alpha value is -2.74. The Morgan fingerprint density at radius 1 is 0.351 bits per heavy atom. The van der Waals surface area contributed by atoms with E-state index in [1.807, 2.05) is 18.2 Å². The Bertz CT molecular complexity index is 3840. The van der Waals surface area contributed by atoms with Gasteiger partial charge in [0.05, 0.1) is 10.7 Å². The Morgan fingerprint density at radius 2 is 0.629 bits per heavy atom. The van der Waals surface area contributed by atoms with Gasteiger partial charge >= 0.3 is 17.9 Å². The summed E-state index contributed by atoms with van der Waals surface area (Å²) in [6.45, 7) is 7.22. The highest BCUT2D eigenvalue weighted by Crippen LogP contribution is 2.65. The lowest BCUT2D eigenvalue weighted by Crippen LogP contribution is -2.58. The minimum atomic E-state index is -0.981. The van der Waals surface area contributed by atoms with Gasteiger partial charge in [0.25, 0.3) is 0 Å². The van der Waals surface area contributed by atoms with Crippen LogP contribution in [0.5, 0.6) is 34.5 Å². The Labute approximate surface area is 653 Å². The lowest BCUT2D eigenvalue weighted by atomic mass is 9.50. The predicted octanol–water partition coefficient (Wildman–Crippen LogP) is 19.9. The number of halogens is 6. The second-order valence-electron chi connectivity index (χ2n) is 30.4. The van der Waals surface area contributed by atoms with Crippen molar-refractivity contribution in [3.63, 3.8) is 0 Å². The van der Waals surface area contributed by atoms with E-state index >= 15 is 0 Å². The van der Waals surface area contributed by atoms with Gasteiger partial charge in [0.15, 0.2) is 19.8 Å². The standard InChI is InChI=1S/C78H80I6O12S/c1-76(50-15-41-12-42(17-50)18-51(76)16-41)94-73(85)38-91-68-32-62(79)47(27-65(68)82)35-88-56-4-8-59(9-5-56)97-71-10-6-57(89-36-48-28-66(83)69(33-63(48)80)92-39-74(86)95-77(2)52-19-43-13-44(21-52)22-53(77)20-43)30-60(71)61-31-58(7-11-72(61)97)90-37-49-29-67(84)70(34-64(49)81)93-40-75(87)96-78(3)54-23-45-14-46(25-54)26-55(78)24-45/h4-11,27-34,41-46,50-55,97H,12-26,35-40H2,1-3H3. The van der Waals surface area contributed by atoms with Crippen LogP contribution in [-0.4, -0.2) is 54.5 Å². The normalized spacial score (nSPS) is 31.9. The van der Waals surface area contributed by atoms with E-state index in [0.717, 1.165) is 102 Å². The minimum absolute atomic E-state index is 0.111. The minimum Gasteiger partial charge on any atom is -0.489 e. The molecule has 0 unspecified atom stereocenters. The molecule has 0 spiro atoms. The van der Waals surface area contributed by atoms with Gasteiger partial charge in [-0.05, 0) is 437 Å². The number of hydrogen-bond acceptors (Lipinski definition) is 12. The summed E-state index contributed by atoms with van der Waals surface area (Å²) >= 11 is 13.9. The zero-order valence-corrected chi connectivity index (χ0v) is 68.5. The van der Waals surface area contributed by atoms with Crippen LogP contribution < -0.4 is 28.4 Å². The number of ether oxygens (including phenoxy) is 9. The quantitative estimate of drug-likeness (QED) is 0.0300. The topological polar surface area (TPSA) is 134 Å². The number of rotatable bonds is 22. The van der Waals surface area contributed by atoms with Gasteiger partial charge in [0.2, 0.25) is 0 Å². The van der Waals surface area contributed by atoms with Gasteiger partial charge < -0.3 is 42.6 Å². The Balaban J connectivity index is 0.588. The number of carbonyl (C=O) groups excluding carboxylic acids is 3. The molecule has 12 bridgehead atoms. The summed E-state index contributed by atoms with van der Waals surface area (Å²) in [5.74, 6) is 10.9. The molecule has 0 amide bonds. The molecule has 6 aromatic rings. The average Bonchev–Trinajstić information content (AvgIpc) is 1.70. The van der Waals surface area contributed by atoms with Crippen molar-refractivity contribution in [3.8, 4) is 45.6 Å². The maximum Gasteiger partial charge on any atom is 0.344 e. The molecule has 1 heterocycles. The van der Waals surface area contributed by atoms with Crippen LogP contribution in [0.25, 0.3) is 11.1 Å². The van der Waals surface area contributed by atoms with E-state index in [-0.39, 0.29) is 43.3 Å². The largest absolute Gasteiger partial charge is 0.489 e. The monoisotopic (exact) mass is 2000 g/mol. The Morgan fingerprint density at radius 3 is 0.928 bits per heavy atom. The predicted molar refractivity (Wildman–Crippen MR) is 422 cm³/mol. The van der Waals surface area contributed by atoms with Crippen molar-refractivity contribution in [2.75, 3.05) is 19.8 Å². The number of fused-ring (bicyclic) bond motifs is 3. The van der Waals surface area contributed by atoms with Crippen LogP contribution in [0.4, 0.5) is 0 Å². The summed E-state index contributed by atoms with van der Waals surface area (Å²) in [6.07, 6.45) is 18.2. The Kier molecular flexibility index (Phi) is 19.6. The van der Waals surface area contributed by atoms with Crippen LogP contribution in [-0.2, 0) is 48.4 Å². The molecule has 12 nitrogen and oxygen atoms in total. The van der Waals surface area contributed by atoms with Crippen molar-refractivity contribution >= 4 is 164 Å². The fourth-order valence-corrected chi connectivity index (χ4v) is 26.5. The van der Waals surface area contributed by atoms with Crippen LogP contribution in [0.3, 0.4) is 0 Å². The summed E-state index contributed by atoms with van der Waals surface area (Å²) in [5.41, 5.74) is 4.07. The molecule has 6 aromatic carbocycles. The molecule has 0 radical (unpaired) electrons. The molecule has 97 heavy (non-hydrogen) atoms. The molecule has 19 heteroatoms. The highest BCUT2D eigenvalue weighted by atomic mass is 127. The fourth-order valence-electron chi connectivity index (χ4n) is 20.1. The van der Waals surface area contributed by atoms with E-state index in [4.69, 9.17) is 42.6 Å². The molecular formula is C78H80I6O12S. The first-order valence-electron chi connectivity index (χ1n) is 34.7. The molecule has 0 aromatic heterocycles. The molecule has 12 aliphatic carbocycles. The first kappa shape index (κ1) is 68.7. The van der Waals surface area contributed by atoms with E-state index in [1.54, 1.807) is 0 Å². The molecule has 0 saturated heterocycles. The zero-order chi connectivity index (χ0) is 66.8. The van der Waals surface area contributed by atoms with Gasteiger partial charge in [-0.2, -0.15) is 10.9 Å². The van der Waals surface area contributed by atoms with E-state index in [9.17, 15) is 14.4 Å². The van der Waals surface area contributed by atoms with Gasteiger partial charge in [-0.25, -0.2) is 14.4 Å². The van der Waals surface area contributed by atoms with E-state index in [1.165, 1.54) is 111 Å². The van der Waals surface area contributed by atoms with E-state index in [2.05, 4.69) is 235 Å². The summed E-state index contributed by atoms with van der Waals surface area (Å²) < 4.78 is 63.1. The number of hydrogen-bond donors (Lipinski definition) is 1. The lowest BCUT2D eigenvalue weighted by molar-refractivity contribution is -0.205. The van der Waals surface area contributed by atoms with Gasteiger partial charge in [-0.1, -0.05) is 0 Å². The summed E-state index contributed by atoms with van der Waals surface area (Å²) in [7, 11) is -0.981. The van der Waals surface area contributed by atoms with E-state index < -0.39 is 22.1 Å². The van der Waals surface area contributed by atoms with Gasteiger partial charge in [-0.3, -0.25) is 0 Å². The molecule has 512 valence electrons. The SMILES string of the molecule is CC1(OC(=O)COc2cc(I)c(COc3ccc([SH]4c5ccc(OCc6cc(I)c(OCC(=O)OC7(C)C8CC9CC(C8)CC7C9)cc6I)cc5-c5cc(OCc6cc(I)c(OCC(=O)OC7(C)C8CC9CC(C8)CC7C9)cc6I)ccc54)cc3)cc2I)C2CC3CC(C2)CC1C3. The molecule has 12 saturated carbocycles. The summed E-state index contributed by atoms with van der Waals surface area (Å²) in [4.78, 5) is 43.9. The van der Waals surface area contributed by atoms with Crippen LogP contribution in [0.1, 0.15) is 134 Å². The lowest BCUT2D eigenvalue weighted by Gasteiger charge is -2.59. The van der Waals surface area contributed by atoms with Crippen molar-refractivity contribution in [2.45, 2.75) is 168 Å². The van der Waals surface area contributed by atoms with Crippen LogP contribution >= 0.6 is 146 Å². The first-order chi connectivity index (χ1) is 46.7. The third kappa shape index (κ3) is 13.7. The highest BCUT2D eigenvalue weighted by Gasteiger charge is 2.60. The third-order valence-corrected chi connectivity index (χ3v) is 32.7. The number of benzene rings is 6. The van der Waals surface area contributed by atoms with Gasteiger partial charge in [0.1, 0.15) is 71.1 Å². The number of thiol groups is 1. The molecule has 19 rings (SSSR count). The smallest absolute Gasteiger partial charge is 0.344 e. The molecular weight excluding hydrogens is 1920 g/mol. The van der Waals surface area contributed by atoms with E-state index in [0.29, 0.717) is 72.6 Å². The number of esters is 3. The van der Waals surface area contributed by atoms with Gasteiger partial charge in [0, 0.05) is 37.2 Å². The van der Waals surface area contributed by atoms with Crippen molar-refractivity contribution in [2.24, 2.45) is 71.0 Å². The molecule has 12 fully saturated rings. The fraction of sp³-hybridized carbons (Fsp3) is 0.500. The number of carbonyl (C=O) groups is 3. The van der Waals surface area contributed by atoms with Crippen LogP contribution in [0.2, 0.25) is 0 Å². The second kappa shape index (κ2) is 27.7. The molecule has 13 aliphatic rings. The zero-order valence-electron chi connectivity index (χ0n) is 54.6. The highest BCUT2D eigenvalue weighted by molar-refractivity contribution is 14.1. The second-order valence-corrected chi connectivity index (χ2v) is 39.6. The summed E-state index contributed by atoms with van der Waals surface area (Å²) in [5, 5.41) is 0. The first-order valence-corrected chi connectivity index (χ1v) is 42.5. The maximum absolute atomic E-state index is 13.4. The summed E-state index contributed by atoms with van der Waals surface area (Å²) in [6, 6.07) is 33.7. The maximum atomic E-state index is 13.4. The average molecular weight is 2000 g/mol. The molecule has 0 N–H and O–H groups in total. The van der Waals surface area contributed by atoms with Crippen molar-refractivity contribution in [3.05, 3.63) is 135 Å².